The normalized spacial score (nSPS) is 12.8. The van der Waals surface area contributed by atoms with E-state index in [2.05, 4.69) is 57.2 Å². The van der Waals surface area contributed by atoms with Crippen LogP contribution >= 0.6 is 0 Å². The van der Waals surface area contributed by atoms with Gasteiger partial charge in [0.15, 0.2) is 6.10 Å². The maximum Gasteiger partial charge on any atom is 0.306 e. The first-order chi connectivity index (χ1) is 34.5. The van der Waals surface area contributed by atoms with Crippen molar-refractivity contribution in [2.45, 2.75) is 277 Å². The van der Waals surface area contributed by atoms with Crippen LogP contribution < -0.4 is 0 Å². The predicted octanol–water partition coefficient (Wildman–Crippen LogP) is 19.7. The van der Waals surface area contributed by atoms with E-state index in [-0.39, 0.29) is 37.5 Å². The zero-order valence-electron chi connectivity index (χ0n) is 45.8. The van der Waals surface area contributed by atoms with E-state index in [9.17, 15) is 14.4 Å². The number of carbonyl (C=O) groups excluding carboxylic acids is 3. The number of rotatable bonds is 52. The minimum Gasteiger partial charge on any atom is -0.462 e. The first kappa shape index (κ1) is 66.3. The van der Waals surface area contributed by atoms with Crippen molar-refractivity contribution in [3.63, 3.8) is 0 Å². The van der Waals surface area contributed by atoms with E-state index in [4.69, 9.17) is 14.2 Å². The molecule has 0 bridgehead atoms. The molecule has 0 amide bonds. The third-order valence-electron chi connectivity index (χ3n) is 12.5. The second-order valence-electron chi connectivity index (χ2n) is 19.3. The average molecular weight is 974 g/mol. The van der Waals surface area contributed by atoms with Crippen molar-refractivity contribution in [1.29, 1.82) is 0 Å². The van der Waals surface area contributed by atoms with Crippen molar-refractivity contribution in [2.24, 2.45) is 0 Å². The Bertz CT molecular complexity index is 1400. The predicted molar refractivity (Wildman–Crippen MR) is 302 cm³/mol. The van der Waals surface area contributed by atoms with E-state index in [0.717, 1.165) is 70.6 Å². The lowest BCUT2D eigenvalue weighted by Gasteiger charge is -2.18. The molecular weight excluding hydrogens is 865 g/mol. The Kier molecular flexibility index (Phi) is 54.9. The Labute approximate surface area is 432 Å². The summed E-state index contributed by atoms with van der Waals surface area (Å²) in [4.78, 5) is 38.2. The van der Waals surface area contributed by atoms with Gasteiger partial charge in [0.05, 0.1) is 0 Å². The van der Waals surface area contributed by atoms with Crippen LogP contribution in [0.1, 0.15) is 271 Å². The third-order valence-corrected chi connectivity index (χ3v) is 12.5. The molecule has 0 N–H and O–H groups in total. The highest BCUT2D eigenvalue weighted by molar-refractivity contribution is 5.71. The van der Waals surface area contributed by atoms with Crippen LogP contribution in [0.3, 0.4) is 0 Å². The fourth-order valence-corrected chi connectivity index (χ4v) is 8.05. The van der Waals surface area contributed by atoms with Crippen LogP contribution in [0.5, 0.6) is 0 Å². The Hall–Kier alpha value is -3.67. The van der Waals surface area contributed by atoms with Crippen molar-refractivity contribution < 1.29 is 28.6 Å². The van der Waals surface area contributed by atoms with E-state index in [0.29, 0.717) is 19.3 Å². The topological polar surface area (TPSA) is 78.9 Å². The number of hydrogen-bond acceptors (Lipinski definition) is 6. The zero-order chi connectivity index (χ0) is 50.7. The van der Waals surface area contributed by atoms with Crippen LogP contribution in [0, 0.1) is 0 Å². The highest BCUT2D eigenvalue weighted by Gasteiger charge is 2.19. The van der Waals surface area contributed by atoms with Crippen LogP contribution in [-0.2, 0) is 28.6 Å². The van der Waals surface area contributed by atoms with Crippen LogP contribution in [0.15, 0.2) is 97.2 Å². The van der Waals surface area contributed by atoms with Gasteiger partial charge in [-0.15, -0.1) is 0 Å². The van der Waals surface area contributed by atoms with Gasteiger partial charge in [0.25, 0.3) is 0 Å². The molecule has 0 fully saturated rings. The molecule has 0 aromatic heterocycles. The van der Waals surface area contributed by atoms with Crippen LogP contribution in [0.25, 0.3) is 0 Å². The highest BCUT2D eigenvalue weighted by Crippen LogP contribution is 2.15. The molecule has 0 aliphatic heterocycles. The molecule has 1 atom stereocenters. The second kappa shape index (κ2) is 57.9. The molecule has 6 heteroatoms. The van der Waals surface area contributed by atoms with Gasteiger partial charge in [-0.1, -0.05) is 259 Å². The minimum atomic E-state index is -0.808. The number of esters is 3. The Morgan fingerprint density at radius 2 is 0.571 bits per heavy atom. The number of hydrogen-bond donors (Lipinski definition) is 0. The Morgan fingerprint density at radius 3 is 0.929 bits per heavy atom. The molecule has 400 valence electrons. The number of unbranched alkanes of at least 4 members (excludes halogenated alkanes) is 30. The van der Waals surface area contributed by atoms with Crippen molar-refractivity contribution in [2.75, 3.05) is 13.2 Å². The lowest BCUT2D eigenvalue weighted by molar-refractivity contribution is -0.167. The molecule has 6 nitrogen and oxygen atoms in total. The molecule has 0 aliphatic carbocycles. The number of carbonyl (C=O) groups is 3. The molecule has 0 aliphatic rings. The molecule has 1 unspecified atom stereocenters. The summed E-state index contributed by atoms with van der Waals surface area (Å²) >= 11 is 0. The van der Waals surface area contributed by atoms with Crippen molar-refractivity contribution >= 4 is 17.9 Å². The van der Waals surface area contributed by atoms with Gasteiger partial charge in [-0.05, 0) is 89.9 Å². The molecule has 0 spiro atoms. The highest BCUT2D eigenvalue weighted by atomic mass is 16.6. The number of ether oxygens (including phenoxy) is 3. The maximum atomic E-state index is 12.8. The fraction of sp³-hybridized carbons (Fsp3) is 0.703. The molecule has 0 saturated heterocycles. The minimum absolute atomic E-state index is 0.101. The second-order valence-corrected chi connectivity index (χ2v) is 19.3. The van der Waals surface area contributed by atoms with Gasteiger partial charge >= 0.3 is 17.9 Å². The summed E-state index contributed by atoms with van der Waals surface area (Å²) in [5.74, 6) is -0.953. The van der Waals surface area contributed by atoms with E-state index in [1.165, 1.54) is 154 Å². The number of allylic oxidation sites excluding steroid dienone is 16. The average Bonchev–Trinajstić information content (AvgIpc) is 3.36. The molecule has 0 rings (SSSR count). The summed E-state index contributed by atoms with van der Waals surface area (Å²) < 4.78 is 16.8. The van der Waals surface area contributed by atoms with Gasteiger partial charge < -0.3 is 14.2 Å². The molecular formula is C64H108O6. The molecule has 0 saturated carbocycles. The van der Waals surface area contributed by atoms with E-state index < -0.39 is 6.10 Å². The first-order valence-electron chi connectivity index (χ1n) is 29.3. The summed E-state index contributed by atoms with van der Waals surface area (Å²) in [7, 11) is 0. The summed E-state index contributed by atoms with van der Waals surface area (Å²) in [6.45, 7) is 6.46. The summed E-state index contributed by atoms with van der Waals surface area (Å²) in [5, 5.41) is 0. The standard InChI is InChI=1S/C64H108O6/c1-4-7-10-13-16-19-22-25-28-31-32-34-36-39-42-45-48-51-54-57-63(66)69-60-61(59-68-62(65)56-53-50-47-44-41-38-35-30-27-24-21-18-15-12-9-6-3)70-64(67)58-55-52-49-46-43-40-37-33-29-26-23-20-17-14-11-8-5-2/h8,11,14,17,20,23,26,29-33,35,37,40,43,61H,4-7,9-10,12-13,15-16,18-19,21-22,24-25,27-28,34,36,38-39,41-42,44-60H2,1-3H3/b11-8-,17-14-,23-20-,29-26-,32-31-,35-30-,37-33+,43-40-. The van der Waals surface area contributed by atoms with E-state index >= 15 is 0 Å². The summed E-state index contributed by atoms with van der Waals surface area (Å²) in [6.07, 6.45) is 76.8. The quantitative estimate of drug-likeness (QED) is 0.0199. The Balaban J connectivity index is 4.48. The summed E-state index contributed by atoms with van der Waals surface area (Å²) in [6, 6.07) is 0. The van der Waals surface area contributed by atoms with Gasteiger partial charge in [0, 0.05) is 19.3 Å². The van der Waals surface area contributed by atoms with Crippen molar-refractivity contribution in [3.8, 4) is 0 Å². The van der Waals surface area contributed by atoms with Gasteiger partial charge in [0.1, 0.15) is 13.2 Å². The lowest BCUT2D eigenvalue weighted by Crippen LogP contribution is -2.30. The van der Waals surface area contributed by atoms with Crippen molar-refractivity contribution in [1.82, 2.24) is 0 Å². The monoisotopic (exact) mass is 973 g/mol. The molecule has 0 heterocycles. The molecule has 0 radical (unpaired) electrons. The van der Waals surface area contributed by atoms with Crippen molar-refractivity contribution in [3.05, 3.63) is 97.2 Å². The van der Waals surface area contributed by atoms with Gasteiger partial charge in [0.2, 0.25) is 0 Å². The molecule has 70 heavy (non-hydrogen) atoms. The van der Waals surface area contributed by atoms with E-state index in [1.54, 1.807) is 0 Å². The van der Waals surface area contributed by atoms with Crippen LogP contribution in [0.2, 0.25) is 0 Å². The Morgan fingerprint density at radius 1 is 0.300 bits per heavy atom. The fourth-order valence-electron chi connectivity index (χ4n) is 8.05. The largest absolute Gasteiger partial charge is 0.462 e. The first-order valence-corrected chi connectivity index (χ1v) is 29.3. The van der Waals surface area contributed by atoms with Gasteiger partial charge in [-0.2, -0.15) is 0 Å². The molecule has 0 aromatic carbocycles. The zero-order valence-corrected chi connectivity index (χ0v) is 45.8. The molecule has 0 aromatic rings. The smallest absolute Gasteiger partial charge is 0.306 e. The van der Waals surface area contributed by atoms with E-state index in [1.807, 2.05) is 60.8 Å². The third kappa shape index (κ3) is 55.3. The lowest BCUT2D eigenvalue weighted by atomic mass is 10.1. The maximum absolute atomic E-state index is 12.8. The van der Waals surface area contributed by atoms with Gasteiger partial charge in [-0.3, -0.25) is 14.4 Å². The summed E-state index contributed by atoms with van der Waals surface area (Å²) in [5.41, 5.74) is 0. The van der Waals surface area contributed by atoms with Gasteiger partial charge in [-0.25, -0.2) is 0 Å². The van der Waals surface area contributed by atoms with Crippen LogP contribution in [0.4, 0.5) is 0 Å². The van der Waals surface area contributed by atoms with Crippen LogP contribution in [-0.4, -0.2) is 37.2 Å². The SMILES string of the molecule is CC\C=C/C=C\C=C/C=C\C=C\C=C/CCCCCC(=O)OC(COC(=O)CCCCCCC/C=C\CCCCCCCCC)COC(=O)CCCCCCCCC/C=C\CCCCCCCCCC.